The Morgan fingerprint density at radius 3 is 2.65 bits per heavy atom. The molecule has 20 heavy (non-hydrogen) atoms. The van der Waals surface area contributed by atoms with Crippen LogP contribution in [0.3, 0.4) is 0 Å². The third kappa shape index (κ3) is 3.93. The van der Waals surface area contributed by atoms with Crippen LogP contribution in [-0.2, 0) is 11.2 Å². The zero-order valence-corrected chi connectivity index (χ0v) is 12.0. The van der Waals surface area contributed by atoms with E-state index in [0.717, 1.165) is 6.54 Å². The monoisotopic (exact) mass is 280 g/mol. The van der Waals surface area contributed by atoms with Gasteiger partial charge in [0.05, 0.1) is 6.42 Å². The highest BCUT2D eigenvalue weighted by atomic mass is 19.1. The highest BCUT2D eigenvalue weighted by Gasteiger charge is 2.26. The van der Waals surface area contributed by atoms with Crippen LogP contribution in [0.15, 0.2) is 18.2 Å². The molecule has 4 nitrogen and oxygen atoms in total. The molecule has 0 aromatic heterocycles. The van der Waals surface area contributed by atoms with Crippen molar-refractivity contribution < 1.29 is 14.3 Å². The number of likely N-dealkylation sites (N-methyl/N-ethyl adjacent to an activating group) is 2. The van der Waals surface area contributed by atoms with Crippen molar-refractivity contribution in [3.8, 4) is 5.75 Å². The Morgan fingerprint density at radius 1 is 1.35 bits per heavy atom. The number of phenolic OH excluding ortho intramolecular Hbond substituents is 1. The molecule has 1 fully saturated rings. The number of halogens is 1. The third-order valence-corrected chi connectivity index (χ3v) is 3.75. The highest BCUT2D eigenvalue weighted by Crippen LogP contribution is 2.24. The lowest BCUT2D eigenvalue weighted by Crippen LogP contribution is -2.36. The van der Waals surface area contributed by atoms with Crippen molar-refractivity contribution in [3.63, 3.8) is 0 Å². The number of carbonyl (C=O) groups excluding carboxylic acids is 1. The lowest BCUT2D eigenvalue weighted by atomic mass is 10.1. The average Bonchev–Trinajstić information content (AvgIpc) is 3.24. The molecule has 5 heteroatoms. The fourth-order valence-corrected chi connectivity index (χ4v) is 2.10. The summed E-state index contributed by atoms with van der Waals surface area (Å²) >= 11 is 0. The summed E-state index contributed by atoms with van der Waals surface area (Å²) in [7, 11) is 3.84. The second-order valence-corrected chi connectivity index (χ2v) is 5.49. The lowest BCUT2D eigenvalue weighted by molar-refractivity contribution is -0.129. The minimum atomic E-state index is -0.689. The molecule has 1 aliphatic carbocycles. The van der Waals surface area contributed by atoms with E-state index in [4.69, 9.17) is 5.11 Å². The number of amides is 1. The summed E-state index contributed by atoms with van der Waals surface area (Å²) in [6.07, 6.45) is 2.66. The van der Waals surface area contributed by atoms with Crippen molar-refractivity contribution in [2.75, 3.05) is 27.2 Å². The Bertz CT molecular complexity index is 489. The van der Waals surface area contributed by atoms with Gasteiger partial charge in [-0.2, -0.15) is 0 Å². The van der Waals surface area contributed by atoms with Gasteiger partial charge in [-0.3, -0.25) is 4.79 Å². The summed E-state index contributed by atoms with van der Waals surface area (Å²) in [6, 6.07) is 4.74. The zero-order valence-electron chi connectivity index (χ0n) is 12.0. The van der Waals surface area contributed by atoms with Gasteiger partial charge < -0.3 is 14.9 Å². The zero-order chi connectivity index (χ0) is 14.7. The van der Waals surface area contributed by atoms with Gasteiger partial charge in [0.15, 0.2) is 11.6 Å². The van der Waals surface area contributed by atoms with E-state index in [2.05, 4.69) is 11.9 Å². The number of carbonyl (C=O) groups is 1. The molecule has 1 N–H and O–H groups in total. The van der Waals surface area contributed by atoms with E-state index < -0.39 is 5.82 Å². The van der Waals surface area contributed by atoms with Crippen LogP contribution in [0.1, 0.15) is 18.4 Å². The van der Waals surface area contributed by atoms with E-state index >= 15 is 0 Å². The van der Waals surface area contributed by atoms with Gasteiger partial charge in [-0.15, -0.1) is 0 Å². The molecule has 2 rings (SSSR count). The average molecular weight is 280 g/mol. The largest absolute Gasteiger partial charge is 0.505 e. The van der Waals surface area contributed by atoms with E-state index in [1.807, 2.05) is 0 Å². The maximum atomic E-state index is 13.2. The maximum absolute atomic E-state index is 13.2. The summed E-state index contributed by atoms with van der Waals surface area (Å²) in [5.74, 6) is -1.12. The van der Waals surface area contributed by atoms with Crippen LogP contribution in [0.25, 0.3) is 0 Å². The van der Waals surface area contributed by atoms with Gasteiger partial charge in [0.1, 0.15) is 0 Å². The normalized spacial score (nSPS) is 14.6. The molecule has 0 saturated heterocycles. The van der Waals surface area contributed by atoms with Gasteiger partial charge in [-0.25, -0.2) is 4.39 Å². The first kappa shape index (κ1) is 14.8. The van der Waals surface area contributed by atoms with Crippen molar-refractivity contribution >= 4 is 5.91 Å². The molecular weight excluding hydrogens is 259 g/mol. The molecule has 1 aromatic carbocycles. The molecule has 110 valence electrons. The Balaban J connectivity index is 1.81. The van der Waals surface area contributed by atoms with E-state index in [0.29, 0.717) is 18.2 Å². The van der Waals surface area contributed by atoms with Gasteiger partial charge in [-0.1, -0.05) is 6.07 Å². The molecular formula is C15H21FN2O2. The van der Waals surface area contributed by atoms with Gasteiger partial charge in [0.25, 0.3) is 0 Å². The van der Waals surface area contributed by atoms with Crippen LogP contribution in [0.5, 0.6) is 5.75 Å². The molecule has 1 aliphatic rings. The van der Waals surface area contributed by atoms with Gasteiger partial charge in [0.2, 0.25) is 5.91 Å². The van der Waals surface area contributed by atoms with E-state index in [9.17, 15) is 9.18 Å². The minimum absolute atomic E-state index is 0.0423. The van der Waals surface area contributed by atoms with Crippen molar-refractivity contribution in [1.29, 1.82) is 0 Å². The number of hydrogen-bond donors (Lipinski definition) is 1. The first-order chi connectivity index (χ1) is 9.47. The van der Waals surface area contributed by atoms with E-state index in [-0.39, 0.29) is 18.1 Å². The Labute approximate surface area is 118 Å². The van der Waals surface area contributed by atoms with Crippen LogP contribution >= 0.6 is 0 Å². The smallest absolute Gasteiger partial charge is 0.226 e. The summed E-state index contributed by atoms with van der Waals surface area (Å²) in [5, 5.41) is 9.11. The Hall–Kier alpha value is -1.62. The number of benzene rings is 1. The van der Waals surface area contributed by atoms with Crippen LogP contribution in [0.4, 0.5) is 4.39 Å². The molecule has 1 amide bonds. The second kappa shape index (κ2) is 6.22. The molecule has 1 saturated carbocycles. The van der Waals surface area contributed by atoms with Crippen molar-refractivity contribution in [1.82, 2.24) is 9.80 Å². The number of nitrogens with zero attached hydrogens (tertiary/aromatic N) is 2. The highest BCUT2D eigenvalue weighted by molar-refractivity contribution is 5.78. The van der Waals surface area contributed by atoms with Crippen LogP contribution < -0.4 is 0 Å². The van der Waals surface area contributed by atoms with Crippen molar-refractivity contribution in [2.24, 2.45) is 0 Å². The third-order valence-electron chi connectivity index (χ3n) is 3.75. The van der Waals surface area contributed by atoms with Crippen molar-refractivity contribution in [2.45, 2.75) is 25.3 Å². The standard InChI is InChI=1S/C15H21FN2O2/c1-17(12-4-5-12)7-8-18(2)15(20)10-11-3-6-14(19)13(16)9-11/h3,6,9,12,19H,4-5,7-8,10H2,1-2H3. The van der Waals surface area contributed by atoms with Gasteiger partial charge >= 0.3 is 0 Å². The van der Waals surface area contributed by atoms with Crippen molar-refractivity contribution in [3.05, 3.63) is 29.6 Å². The lowest BCUT2D eigenvalue weighted by Gasteiger charge is -2.22. The van der Waals surface area contributed by atoms with Crippen LogP contribution in [-0.4, -0.2) is 54.0 Å². The fourth-order valence-electron chi connectivity index (χ4n) is 2.10. The van der Waals surface area contributed by atoms with Crippen LogP contribution in [0.2, 0.25) is 0 Å². The minimum Gasteiger partial charge on any atom is -0.505 e. The Kier molecular flexibility index (Phi) is 4.60. The Morgan fingerprint density at radius 2 is 2.05 bits per heavy atom. The number of rotatable bonds is 6. The summed E-state index contributed by atoms with van der Waals surface area (Å²) in [5.41, 5.74) is 0.577. The number of aromatic hydroxyl groups is 1. The fraction of sp³-hybridized carbons (Fsp3) is 0.533. The van der Waals surface area contributed by atoms with Gasteiger partial charge in [-0.05, 0) is 37.6 Å². The van der Waals surface area contributed by atoms with Crippen LogP contribution in [0, 0.1) is 5.82 Å². The van der Waals surface area contributed by atoms with E-state index in [1.165, 1.54) is 25.0 Å². The first-order valence-electron chi connectivity index (χ1n) is 6.89. The number of hydrogen-bond acceptors (Lipinski definition) is 3. The second-order valence-electron chi connectivity index (χ2n) is 5.49. The predicted molar refractivity (Wildman–Crippen MR) is 75.1 cm³/mol. The molecule has 1 aromatic rings. The SMILES string of the molecule is CN(CCN(C)C1CC1)C(=O)Cc1ccc(O)c(F)c1. The number of phenols is 1. The summed E-state index contributed by atoms with van der Waals surface area (Å²) in [4.78, 5) is 16.0. The van der Waals surface area contributed by atoms with E-state index in [1.54, 1.807) is 18.0 Å². The molecule has 0 radical (unpaired) electrons. The maximum Gasteiger partial charge on any atom is 0.226 e. The molecule has 0 atom stereocenters. The van der Waals surface area contributed by atoms with Gasteiger partial charge in [0, 0.05) is 26.2 Å². The first-order valence-corrected chi connectivity index (χ1v) is 6.89. The topological polar surface area (TPSA) is 43.8 Å². The molecule has 0 heterocycles. The molecule has 0 unspecified atom stereocenters. The quantitative estimate of drug-likeness (QED) is 0.861. The molecule has 0 aliphatic heterocycles. The molecule has 0 bridgehead atoms. The summed E-state index contributed by atoms with van der Waals surface area (Å²) < 4.78 is 13.2. The molecule has 0 spiro atoms. The summed E-state index contributed by atoms with van der Waals surface area (Å²) in [6.45, 7) is 1.53. The predicted octanol–water partition coefficient (Wildman–Crippen LogP) is 1.63.